The van der Waals surface area contributed by atoms with Gasteiger partial charge in [0, 0.05) is 17.1 Å². The average molecular weight is 641 g/mol. The van der Waals surface area contributed by atoms with Crippen molar-refractivity contribution in [2.75, 3.05) is 10.8 Å². The van der Waals surface area contributed by atoms with Gasteiger partial charge in [0.2, 0.25) is 11.8 Å². The Morgan fingerprint density at radius 2 is 1.54 bits per heavy atom. The number of anilines is 1. The SMILES string of the molecule is Cc1cc(C)cc(N(CC(=O)N(Cc2ccc(Br)cc2)[C@@H](C)C(=O)NC2CCCCC2)S(=O)(=O)c2ccccc2)c1. The fourth-order valence-corrected chi connectivity index (χ4v) is 6.96. The second kappa shape index (κ2) is 13.7. The molecule has 0 aliphatic heterocycles. The number of rotatable bonds is 10. The molecule has 0 spiro atoms. The zero-order valence-corrected chi connectivity index (χ0v) is 26.2. The van der Waals surface area contributed by atoms with Crippen molar-refractivity contribution in [1.82, 2.24) is 10.2 Å². The molecule has 0 heterocycles. The number of carbonyl (C=O) groups excluding carboxylic acids is 2. The topological polar surface area (TPSA) is 86.8 Å². The van der Waals surface area contributed by atoms with Crippen LogP contribution in [0.3, 0.4) is 0 Å². The van der Waals surface area contributed by atoms with Crippen molar-refractivity contribution in [3.63, 3.8) is 0 Å². The van der Waals surface area contributed by atoms with E-state index in [4.69, 9.17) is 0 Å². The first-order valence-corrected chi connectivity index (χ1v) is 16.3. The minimum atomic E-state index is -4.08. The monoisotopic (exact) mass is 639 g/mol. The van der Waals surface area contributed by atoms with Crippen LogP contribution >= 0.6 is 15.9 Å². The van der Waals surface area contributed by atoms with Gasteiger partial charge < -0.3 is 10.2 Å². The van der Waals surface area contributed by atoms with Crippen LogP contribution in [-0.4, -0.2) is 43.8 Å². The van der Waals surface area contributed by atoms with Gasteiger partial charge in [0.05, 0.1) is 10.6 Å². The largest absolute Gasteiger partial charge is 0.352 e. The smallest absolute Gasteiger partial charge is 0.264 e. The fourth-order valence-electron chi connectivity index (χ4n) is 5.28. The highest BCUT2D eigenvalue weighted by Gasteiger charge is 2.33. The van der Waals surface area contributed by atoms with Crippen LogP contribution < -0.4 is 9.62 Å². The molecule has 1 aliphatic carbocycles. The van der Waals surface area contributed by atoms with E-state index < -0.39 is 28.5 Å². The Balaban J connectivity index is 1.68. The van der Waals surface area contributed by atoms with E-state index in [1.54, 1.807) is 37.3 Å². The van der Waals surface area contributed by atoms with Crippen LogP contribution in [0.4, 0.5) is 5.69 Å². The van der Waals surface area contributed by atoms with Crippen LogP contribution in [-0.2, 0) is 26.2 Å². The standard InChI is InChI=1S/C32H38BrN3O4S/c1-23-18-24(2)20-29(19-23)36(41(39,40)30-12-8-5-9-13-30)22-31(37)35(21-26-14-16-27(33)17-15-26)25(3)32(38)34-28-10-6-4-7-11-28/h5,8-9,12-20,25,28H,4,6-7,10-11,21-22H2,1-3H3,(H,34,38)/t25-/m0/s1. The number of amides is 2. The third-order valence-electron chi connectivity index (χ3n) is 7.49. The van der Waals surface area contributed by atoms with Crippen molar-refractivity contribution >= 4 is 43.5 Å². The lowest BCUT2D eigenvalue weighted by Gasteiger charge is -2.33. The number of nitrogens with zero attached hydrogens (tertiary/aromatic N) is 2. The first-order chi connectivity index (χ1) is 19.5. The molecule has 3 aromatic carbocycles. The highest BCUT2D eigenvalue weighted by atomic mass is 79.9. The first kappa shape index (κ1) is 30.8. The number of halogens is 1. The van der Waals surface area contributed by atoms with Crippen molar-refractivity contribution in [2.45, 2.75) is 76.4 Å². The van der Waals surface area contributed by atoms with Crippen LogP contribution in [0.5, 0.6) is 0 Å². The summed E-state index contributed by atoms with van der Waals surface area (Å²) in [5.41, 5.74) is 3.01. The lowest BCUT2D eigenvalue weighted by molar-refractivity contribution is -0.139. The number of nitrogens with one attached hydrogen (secondary N) is 1. The van der Waals surface area contributed by atoms with E-state index in [2.05, 4.69) is 21.2 Å². The summed E-state index contributed by atoms with van der Waals surface area (Å²) in [6, 6.07) is 20.4. The minimum absolute atomic E-state index is 0.0913. The van der Waals surface area contributed by atoms with E-state index in [0.717, 1.165) is 51.2 Å². The zero-order valence-electron chi connectivity index (χ0n) is 23.8. The average Bonchev–Trinajstić information content (AvgIpc) is 2.95. The molecule has 4 rings (SSSR count). The van der Waals surface area contributed by atoms with E-state index in [1.807, 2.05) is 44.2 Å². The molecule has 218 valence electrons. The molecule has 0 saturated heterocycles. The molecular weight excluding hydrogens is 602 g/mol. The third kappa shape index (κ3) is 7.98. The van der Waals surface area contributed by atoms with Crippen molar-refractivity contribution < 1.29 is 18.0 Å². The molecule has 2 amide bonds. The molecule has 1 saturated carbocycles. The quantitative estimate of drug-likeness (QED) is 0.289. The number of carbonyl (C=O) groups is 2. The second-order valence-corrected chi connectivity index (χ2v) is 13.6. The number of hydrogen-bond acceptors (Lipinski definition) is 4. The van der Waals surface area contributed by atoms with Crippen LogP contribution in [0.2, 0.25) is 0 Å². The summed E-state index contributed by atoms with van der Waals surface area (Å²) < 4.78 is 30.0. The maximum absolute atomic E-state index is 14.1. The maximum atomic E-state index is 14.1. The van der Waals surface area contributed by atoms with Gasteiger partial charge in [-0.2, -0.15) is 0 Å². The van der Waals surface area contributed by atoms with E-state index >= 15 is 0 Å². The Labute approximate surface area is 252 Å². The van der Waals surface area contributed by atoms with E-state index in [0.29, 0.717) is 5.69 Å². The summed E-state index contributed by atoms with van der Waals surface area (Å²) >= 11 is 3.44. The number of sulfonamides is 1. The molecule has 9 heteroatoms. The van der Waals surface area contributed by atoms with Gasteiger partial charge in [-0.15, -0.1) is 0 Å². The Kier molecular flexibility index (Phi) is 10.3. The predicted octanol–water partition coefficient (Wildman–Crippen LogP) is 6.13. The highest BCUT2D eigenvalue weighted by molar-refractivity contribution is 9.10. The van der Waals surface area contributed by atoms with Crippen molar-refractivity contribution in [1.29, 1.82) is 0 Å². The van der Waals surface area contributed by atoms with E-state index in [1.165, 1.54) is 23.5 Å². The van der Waals surface area contributed by atoms with Gasteiger partial charge in [-0.3, -0.25) is 13.9 Å². The third-order valence-corrected chi connectivity index (χ3v) is 9.81. The normalized spacial score (nSPS) is 14.7. The summed E-state index contributed by atoms with van der Waals surface area (Å²) in [5, 5.41) is 3.13. The summed E-state index contributed by atoms with van der Waals surface area (Å²) in [5.74, 6) is -0.691. The Bertz CT molecular complexity index is 1440. The van der Waals surface area contributed by atoms with Gasteiger partial charge in [-0.05, 0) is 86.7 Å². The summed E-state index contributed by atoms with van der Waals surface area (Å²) in [7, 11) is -4.08. The molecule has 0 unspecified atom stereocenters. The second-order valence-electron chi connectivity index (χ2n) is 10.8. The minimum Gasteiger partial charge on any atom is -0.352 e. The van der Waals surface area contributed by atoms with Crippen LogP contribution in [0.25, 0.3) is 0 Å². The molecule has 3 aromatic rings. The molecule has 1 fully saturated rings. The summed E-state index contributed by atoms with van der Waals surface area (Å²) in [4.78, 5) is 29.1. The van der Waals surface area contributed by atoms with Crippen molar-refractivity contribution in [3.8, 4) is 0 Å². The number of hydrogen-bond donors (Lipinski definition) is 1. The molecule has 1 N–H and O–H groups in total. The lowest BCUT2D eigenvalue weighted by Crippen LogP contribution is -2.53. The molecule has 41 heavy (non-hydrogen) atoms. The molecule has 7 nitrogen and oxygen atoms in total. The number of benzene rings is 3. The van der Waals surface area contributed by atoms with E-state index in [-0.39, 0.29) is 23.4 Å². The van der Waals surface area contributed by atoms with Gasteiger partial charge in [0.25, 0.3) is 10.0 Å². The summed E-state index contributed by atoms with van der Waals surface area (Å²) in [6.07, 6.45) is 5.16. The zero-order chi connectivity index (χ0) is 29.6. The first-order valence-electron chi connectivity index (χ1n) is 14.0. The van der Waals surface area contributed by atoms with Gasteiger partial charge in [-0.1, -0.05) is 71.6 Å². The molecule has 1 aliphatic rings. The lowest BCUT2D eigenvalue weighted by atomic mass is 9.95. The van der Waals surface area contributed by atoms with Gasteiger partial charge in [0.15, 0.2) is 0 Å². The summed E-state index contributed by atoms with van der Waals surface area (Å²) in [6.45, 7) is 5.21. The van der Waals surface area contributed by atoms with Crippen molar-refractivity contribution in [2.24, 2.45) is 0 Å². The van der Waals surface area contributed by atoms with Crippen LogP contribution in [0.15, 0.2) is 82.2 Å². The molecule has 1 atom stereocenters. The molecule has 0 radical (unpaired) electrons. The van der Waals surface area contributed by atoms with Crippen LogP contribution in [0, 0.1) is 13.8 Å². The van der Waals surface area contributed by atoms with Crippen molar-refractivity contribution in [3.05, 3.63) is 94.0 Å². The Morgan fingerprint density at radius 1 is 0.927 bits per heavy atom. The van der Waals surface area contributed by atoms with Gasteiger partial charge in [-0.25, -0.2) is 8.42 Å². The number of aryl methyl sites for hydroxylation is 2. The van der Waals surface area contributed by atoms with Gasteiger partial charge >= 0.3 is 0 Å². The van der Waals surface area contributed by atoms with Crippen LogP contribution in [0.1, 0.15) is 55.7 Å². The highest BCUT2D eigenvalue weighted by Crippen LogP contribution is 2.27. The van der Waals surface area contributed by atoms with Gasteiger partial charge in [0.1, 0.15) is 12.6 Å². The Hall–Kier alpha value is -3.17. The maximum Gasteiger partial charge on any atom is 0.264 e. The fraction of sp³-hybridized carbons (Fsp3) is 0.375. The molecule has 0 bridgehead atoms. The Morgan fingerprint density at radius 3 is 2.15 bits per heavy atom. The molecule has 0 aromatic heterocycles. The van der Waals surface area contributed by atoms with E-state index in [9.17, 15) is 18.0 Å². The molecular formula is C32H38BrN3O4S. The predicted molar refractivity (Wildman–Crippen MR) is 166 cm³/mol.